The molecule has 26 heavy (non-hydrogen) atoms. The maximum atomic E-state index is 12.8. The number of anilines is 1. The third kappa shape index (κ3) is 2.78. The molecule has 2 aliphatic rings. The summed E-state index contributed by atoms with van der Waals surface area (Å²) in [5.74, 6) is 0.526. The van der Waals surface area contributed by atoms with Crippen molar-refractivity contribution in [3.63, 3.8) is 0 Å². The van der Waals surface area contributed by atoms with Crippen molar-refractivity contribution < 1.29 is 18.0 Å². The molecular weight excluding hydrogens is 352 g/mol. The van der Waals surface area contributed by atoms with Gasteiger partial charge in [0.25, 0.3) is 10.0 Å². The van der Waals surface area contributed by atoms with Crippen molar-refractivity contribution in [3.8, 4) is 0 Å². The SMILES string of the molecule is Cc1ccc2c(c1)NC(=O)N(Cc1ccc(C3CC(=O)C3)cc1)S2(=O)=O. The zero-order valence-electron chi connectivity index (χ0n) is 14.2. The van der Waals surface area contributed by atoms with Crippen LogP contribution in [0.3, 0.4) is 0 Å². The number of carbonyl (C=O) groups excluding carboxylic acids is 2. The summed E-state index contributed by atoms with van der Waals surface area (Å²) in [7, 11) is -3.90. The predicted octanol–water partition coefficient (Wildman–Crippen LogP) is 3.18. The lowest BCUT2D eigenvalue weighted by Crippen LogP contribution is -2.43. The van der Waals surface area contributed by atoms with E-state index in [4.69, 9.17) is 0 Å². The number of rotatable bonds is 3. The minimum absolute atomic E-state index is 0.0363. The summed E-state index contributed by atoms with van der Waals surface area (Å²) in [6, 6.07) is 11.6. The largest absolute Gasteiger partial charge is 0.336 e. The fourth-order valence-corrected chi connectivity index (χ4v) is 4.76. The van der Waals surface area contributed by atoms with Crippen LogP contribution in [0.25, 0.3) is 0 Å². The van der Waals surface area contributed by atoms with E-state index in [-0.39, 0.29) is 23.1 Å². The number of hydrogen-bond acceptors (Lipinski definition) is 4. The van der Waals surface area contributed by atoms with Crippen LogP contribution in [-0.4, -0.2) is 24.5 Å². The van der Waals surface area contributed by atoms with Crippen molar-refractivity contribution in [1.29, 1.82) is 0 Å². The van der Waals surface area contributed by atoms with E-state index >= 15 is 0 Å². The highest BCUT2D eigenvalue weighted by molar-refractivity contribution is 7.90. The Morgan fingerprint density at radius 1 is 1.08 bits per heavy atom. The number of fused-ring (bicyclic) bond motifs is 1. The third-order valence-electron chi connectivity index (χ3n) is 4.90. The zero-order chi connectivity index (χ0) is 18.5. The van der Waals surface area contributed by atoms with Crippen molar-refractivity contribution in [2.75, 3.05) is 5.32 Å². The lowest BCUT2D eigenvalue weighted by molar-refractivity contribution is -0.124. The summed E-state index contributed by atoms with van der Waals surface area (Å²) in [6.45, 7) is 1.80. The normalized spacial score (nSPS) is 18.9. The van der Waals surface area contributed by atoms with E-state index in [1.54, 1.807) is 12.1 Å². The summed E-state index contributed by atoms with van der Waals surface area (Å²) in [4.78, 5) is 23.6. The van der Waals surface area contributed by atoms with Gasteiger partial charge in [-0.05, 0) is 41.7 Å². The molecule has 0 atom stereocenters. The summed E-state index contributed by atoms with van der Waals surface area (Å²) < 4.78 is 26.5. The number of carbonyl (C=O) groups is 2. The minimum atomic E-state index is -3.90. The van der Waals surface area contributed by atoms with Crippen LogP contribution in [-0.2, 0) is 21.4 Å². The first kappa shape index (κ1) is 16.8. The molecule has 0 bridgehead atoms. The average molecular weight is 370 g/mol. The lowest BCUT2D eigenvalue weighted by atomic mass is 9.79. The van der Waals surface area contributed by atoms with Gasteiger partial charge in [-0.15, -0.1) is 0 Å². The van der Waals surface area contributed by atoms with Crippen LogP contribution < -0.4 is 5.32 Å². The molecule has 4 rings (SSSR count). The van der Waals surface area contributed by atoms with Gasteiger partial charge in [-0.1, -0.05) is 30.3 Å². The molecule has 0 aromatic heterocycles. The van der Waals surface area contributed by atoms with E-state index < -0.39 is 16.1 Å². The molecule has 6 nitrogen and oxygen atoms in total. The van der Waals surface area contributed by atoms with Gasteiger partial charge in [-0.3, -0.25) is 4.79 Å². The second-order valence-corrected chi connectivity index (χ2v) is 8.66. The van der Waals surface area contributed by atoms with E-state index in [2.05, 4.69) is 5.32 Å². The smallest absolute Gasteiger partial charge is 0.306 e. The van der Waals surface area contributed by atoms with E-state index in [1.807, 2.05) is 31.2 Å². The van der Waals surface area contributed by atoms with Gasteiger partial charge < -0.3 is 5.32 Å². The molecule has 7 heteroatoms. The maximum absolute atomic E-state index is 12.8. The molecule has 134 valence electrons. The molecule has 1 saturated carbocycles. The number of Topliss-reactive ketones (excluding diaryl/α,β-unsaturated/α-hetero) is 1. The Balaban J connectivity index is 1.59. The molecule has 2 amide bonds. The van der Waals surface area contributed by atoms with Crippen LogP contribution in [0.1, 0.15) is 35.4 Å². The van der Waals surface area contributed by atoms with Crippen LogP contribution >= 0.6 is 0 Å². The van der Waals surface area contributed by atoms with Crippen LogP contribution in [0.2, 0.25) is 0 Å². The van der Waals surface area contributed by atoms with Crippen LogP contribution in [0.4, 0.5) is 10.5 Å². The minimum Gasteiger partial charge on any atom is -0.306 e. The average Bonchev–Trinajstić information content (AvgIpc) is 2.56. The second kappa shape index (κ2) is 5.95. The van der Waals surface area contributed by atoms with Gasteiger partial charge in [0, 0.05) is 12.8 Å². The van der Waals surface area contributed by atoms with Crippen molar-refractivity contribution >= 4 is 27.5 Å². The highest BCUT2D eigenvalue weighted by Gasteiger charge is 2.36. The van der Waals surface area contributed by atoms with E-state index in [1.165, 1.54) is 6.07 Å². The van der Waals surface area contributed by atoms with Gasteiger partial charge in [-0.2, -0.15) is 0 Å². The molecule has 1 fully saturated rings. The first-order valence-electron chi connectivity index (χ1n) is 8.39. The molecule has 0 spiro atoms. The number of ketones is 1. The molecule has 1 aliphatic heterocycles. The molecule has 0 radical (unpaired) electrons. The van der Waals surface area contributed by atoms with Crippen LogP contribution in [0.5, 0.6) is 0 Å². The Kier molecular flexibility index (Phi) is 3.84. The number of urea groups is 1. The number of aryl methyl sites for hydroxylation is 1. The predicted molar refractivity (Wildman–Crippen MR) is 96.4 cm³/mol. The number of benzene rings is 2. The van der Waals surface area contributed by atoms with Gasteiger partial charge in [0.2, 0.25) is 0 Å². The first-order valence-corrected chi connectivity index (χ1v) is 9.83. The Bertz CT molecular complexity index is 1000. The summed E-state index contributed by atoms with van der Waals surface area (Å²) in [5.41, 5.74) is 2.97. The Morgan fingerprint density at radius 2 is 1.77 bits per heavy atom. The van der Waals surface area contributed by atoms with Crippen LogP contribution in [0.15, 0.2) is 47.4 Å². The monoisotopic (exact) mass is 370 g/mol. The second-order valence-electron chi connectivity index (χ2n) is 6.83. The van der Waals surface area contributed by atoms with Gasteiger partial charge in [-0.25, -0.2) is 17.5 Å². The van der Waals surface area contributed by atoms with Gasteiger partial charge >= 0.3 is 6.03 Å². The van der Waals surface area contributed by atoms with Crippen molar-refractivity contribution in [3.05, 3.63) is 59.2 Å². The Morgan fingerprint density at radius 3 is 2.42 bits per heavy atom. The Labute approximate surface area is 151 Å². The number of nitrogens with zero attached hydrogens (tertiary/aromatic N) is 1. The maximum Gasteiger partial charge on any atom is 0.336 e. The highest BCUT2D eigenvalue weighted by atomic mass is 32.2. The van der Waals surface area contributed by atoms with E-state index in [0.717, 1.165) is 15.4 Å². The standard InChI is InChI=1S/C19H18N2O4S/c1-12-2-7-18-17(8-12)20-19(23)21(26(18,24)25)11-13-3-5-14(6-4-13)15-9-16(22)10-15/h2-8,15H,9-11H2,1H3,(H,20,23). The summed E-state index contributed by atoms with van der Waals surface area (Å²) >= 11 is 0. The lowest BCUT2D eigenvalue weighted by Gasteiger charge is -2.29. The van der Waals surface area contributed by atoms with Gasteiger partial charge in [0.15, 0.2) is 0 Å². The molecule has 1 aliphatic carbocycles. The van der Waals surface area contributed by atoms with Gasteiger partial charge in [0.1, 0.15) is 10.7 Å². The molecule has 2 aromatic carbocycles. The van der Waals surface area contributed by atoms with Crippen molar-refractivity contribution in [2.45, 2.75) is 37.1 Å². The third-order valence-corrected chi connectivity index (χ3v) is 6.68. The van der Waals surface area contributed by atoms with Crippen molar-refractivity contribution in [2.24, 2.45) is 0 Å². The molecule has 1 heterocycles. The zero-order valence-corrected chi connectivity index (χ0v) is 15.0. The summed E-state index contributed by atoms with van der Waals surface area (Å²) in [5, 5.41) is 2.65. The first-order chi connectivity index (χ1) is 12.3. The molecule has 0 unspecified atom stereocenters. The number of hydrogen-bond donors (Lipinski definition) is 1. The number of nitrogens with one attached hydrogen (secondary N) is 1. The molecule has 2 aromatic rings. The van der Waals surface area contributed by atoms with E-state index in [9.17, 15) is 18.0 Å². The molecule has 0 saturated heterocycles. The van der Waals surface area contributed by atoms with Crippen molar-refractivity contribution in [1.82, 2.24) is 4.31 Å². The molecule has 1 N–H and O–H groups in total. The van der Waals surface area contributed by atoms with E-state index in [0.29, 0.717) is 24.1 Å². The topological polar surface area (TPSA) is 83.6 Å². The van der Waals surface area contributed by atoms with Gasteiger partial charge in [0.05, 0.1) is 12.2 Å². The van der Waals surface area contributed by atoms with Crippen LogP contribution in [0, 0.1) is 6.92 Å². The fourth-order valence-electron chi connectivity index (χ4n) is 3.32. The highest BCUT2D eigenvalue weighted by Crippen LogP contribution is 2.34. The number of amides is 2. The quantitative estimate of drug-likeness (QED) is 0.899. The molecular formula is C19H18N2O4S. The number of sulfonamides is 1. The summed E-state index contributed by atoms with van der Waals surface area (Å²) in [6.07, 6.45) is 1.14. The Hall–Kier alpha value is -2.67. The fraction of sp³-hybridized carbons (Fsp3) is 0.263.